The third-order valence-electron chi connectivity index (χ3n) is 4.54. The summed E-state index contributed by atoms with van der Waals surface area (Å²) >= 11 is 0. The second kappa shape index (κ2) is 7.66. The highest BCUT2D eigenvalue weighted by molar-refractivity contribution is 5.68. The highest BCUT2D eigenvalue weighted by atomic mass is 19.1. The van der Waals surface area contributed by atoms with Gasteiger partial charge in [-0.3, -0.25) is 0 Å². The Bertz CT molecular complexity index is 843. The Kier molecular flexibility index (Phi) is 5.45. The zero-order valence-corrected chi connectivity index (χ0v) is 16.4. The van der Waals surface area contributed by atoms with E-state index in [1.54, 1.807) is 30.3 Å². The summed E-state index contributed by atoms with van der Waals surface area (Å²) < 4.78 is 25.2. The number of amides is 1. The molecule has 0 unspecified atom stereocenters. The summed E-state index contributed by atoms with van der Waals surface area (Å²) in [5.41, 5.74) is 6.68. The summed E-state index contributed by atoms with van der Waals surface area (Å²) in [4.78, 5) is 15.6. The Balaban J connectivity index is 1.59. The molecule has 0 spiro atoms. The van der Waals surface area contributed by atoms with Crippen molar-refractivity contribution in [3.8, 4) is 16.9 Å². The van der Waals surface area contributed by atoms with Crippen molar-refractivity contribution in [1.29, 1.82) is 0 Å². The molecule has 150 valence electrons. The fourth-order valence-electron chi connectivity index (χ4n) is 2.73. The fourth-order valence-corrected chi connectivity index (χ4v) is 2.73. The van der Waals surface area contributed by atoms with Gasteiger partial charge in [-0.25, -0.2) is 9.78 Å². The number of nitrogens with two attached hydrogens (primary N) is 1. The lowest BCUT2D eigenvalue weighted by Crippen LogP contribution is -2.37. The molecule has 3 rings (SSSR count). The molecule has 7 heteroatoms. The van der Waals surface area contributed by atoms with Crippen LogP contribution in [0, 0.1) is 11.4 Å². The van der Waals surface area contributed by atoms with Gasteiger partial charge in [0.2, 0.25) is 5.95 Å². The molecule has 0 aliphatic heterocycles. The van der Waals surface area contributed by atoms with Crippen LogP contribution in [0.4, 0.5) is 14.9 Å². The molecule has 2 aromatic rings. The number of carbonyl (C=O) groups excluding carboxylic acids is 1. The number of rotatable bonds is 6. The lowest BCUT2D eigenvalue weighted by molar-refractivity contribution is 0.0509. The predicted octanol–water partition coefficient (Wildman–Crippen LogP) is 4.15. The van der Waals surface area contributed by atoms with Crippen molar-refractivity contribution in [2.45, 2.75) is 39.2 Å². The fraction of sp³-hybridized carbons (Fsp3) is 0.429. The van der Waals surface area contributed by atoms with E-state index in [9.17, 15) is 9.18 Å². The summed E-state index contributed by atoms with van der Waals surface area (Å²) in [6, 6.07) is 8.54. The second-order valence-electron chi connectivity index (χ2n) is 8.28. The lowest BCUT2D eigenvalue weighted by atomic mass is 10.1. The number of hydrogen-bond donors (Lipinski definition) is 2. The van der Waals surface area contributed by atoms with E-state index in [4.69, 9.17) is 15.2 Å². The number of aromatic nitrogens is 1. The van der Waals surface area contributed by atoms with E-state index < -0.39 is 17.6 Å². The van der Waals surface area contributed by atoms with Crippen LogP contribution in [0.2, 0.25) is 0 Å². The van der Waals surface area contributed by atoms with E-state index in [0.717, 1.165) is 12.8 Å². The van der Waals surface area contributed by atoms with Crippen LogP contribution in [0.1, 0.15) is 33.6 Å². The molecule has 1 aliphatic rings. The number of alkyl carbamates (subject to hydrolysis) is 1. The first-order valence-electron chi connectivity index (χ1n) is 9.27. The maximum absolute atomic E-state index is 14.1. The van der Waals surface area contributed by atoms with Crippen LogP contribution < -0.4 is 15.8 Å². The second-order valence-corrected chi connectivity index (χ2v) is 8.28. The number of nitrogen functional groups attached to an aromatic ring is 1. The largest absolute Gasteiger partial charge is 0.491 e. The van der Waals surface area contributed by atoms with Gasteiger partial charge in [-0.05, 0) is 57.4 Å². The molecule has 6 nitrogen and oxygen atoms in total. The van der Waals surface area contributed by atoms with Gasteiger partial charge in [0.25, 0.3) is 0 Å². The first kappa shape index (κ1) is 19.9. The summed E-state index contributed by atoms with van der Waals surface area (Å²) in [7, 11) is 0. The van der Waals surface area contributed by atoms with Gasteiger partial charge in [-0.15, -0.1) is 0 Å². The van der Waals surface area contributed by atoms with E-state index in [0.29, 0.717) is 35.7 Å². The topological polar surface area (TPSA) is 86.5 Å². The minimum Gasteiger partial charge on any atom is -0.491 e. The van der Waals surface area contributed by atoms with Crippen LogP contribution >= 0.6 is 0 Å². The van der Waals surface area contributed by atoms with E-state index in [-0.39, 0.29) is 5.41 Å². The Morgan fingerprint density at radius 2 is 1.96 bits per heavy atom. The van der Waals surface area contributed by atoms with E-state index in [1.807, 2.05) is 20.8 Å². The van der Waals surface area contributed by atoms with Crippen LogP contribution in [-0.2, 0) is 4.74 Å². The van der Waals surface area contributed by atoms with Crippen molar-refractivity contribution in [1.82, 2.24) is 10.3 Å². The molecule has 1 aromatic heterocycles. The number of nitrogens with one attached hydrogen (secondary N) is 1. The standard InChI is InChI=1S/C21H26FN3O3/c1-20(2,3)28-19(26)25-12-21(8-9-21)13-27-16-10-17(18(22)24-11-16)14-4-6-15(23)7-5-14/h4-7,10-11H,8-9,12-13,23H2,1-3H3,(H,25,26). The number of anilines is 1. The van der Waals surface area contributed by atoms with Crippen LogP contribution in [0.15, 0.2) is 36.5 Å². The van der Waals surface area contributed by atoms with E-state index in [2.05, 4.69) is 10.3 Å². The minimum atomic E-state index is -0.565. The molecular weight excluding hydrogens is 361 g/mol. The van der Waals surface area contributed by atoms with Crippen LogP contribution in [0.3, 0.4) is 0 Å². The normalized spacial score (nSPS) is 15.0. The van der Waals surface area contributed by atoms with Gasteiger partial charge in [0.05, 0.1) is 12.8 Å². The number of benzene rings is 1. The maximum atomic E-state index is 14.1. The SMILES string of the molecule is CC(C)(C)OC(=O)NCC1(COc2cnc(F)c(-c3ccc(N)cc3)c2)CC1. The van der Waals surface area contributed by atoms with Crippen LogP contribution in [0.25, 0.3) is 11.1 Å². The number of carbonyl (C=O) groups is 1. The van der Waals surface area contributed by atoms with Gasteiger partial charge >= 0.3 is 6.09 Å². The lowest BCUT2D eigenvalue weighted by Gasteiger charge is -2.22. The van der Waals surface area contributed by atoms with Crippen molar-refractivity contribution >= 4 is 11.8 Å². The Labute approximate surface area is 164 Å². The summed E-state index contributed by atoms with van der Waals surface area (Å²) in [6.07, 6.45) is 2.82. The summed E-state index contributed by atoms with van der Waals surface area (Å²) in [5.74, 6) is -0.0818. The molecule has 1 fully saturated rings. The van der Waals surface area contributed by atoms with Crippen molar-refractivity contribution in [2.24, 2.45) is 5.41 Å². The van der Waals surface area contributed by atoms with Gasteiger partial charge in [0.1, 0.15) is 11.4 Å². The molecule has 28 heavy (non-hydrogen) atoms. The van der Waals surface area contributed by atoms with Gasteiger partial charge in [-0.1, -0.05) is 12.1 Å². The summed E-state index contributed by atoms with van der Waals surface area (Å²) in [5, 5.41) is 2.80. The molecule has 0 radical (unpaired) electrons. The van der Waals surface area contributed by atoms with E-state index >= 15 is 0 Å². The van der Waals surface area contributed by atoms with Gasteiger partial charge in [0, 0.05) is 23.2 Å². The molecule has 1 aromatic carbocycles. The smallest absolute Gasteiger partial charge is 0.407 e. The monoisotopic (exact) mass is 387 g/mol. The molecule has 0 atom stereocenters. The zero-order chi connectivity index (χ0) is 20.4. The average molecular weight is 387 g/mol. The first-order chi connectivity index (χ1) is 13.2. The van der Waals surface area contributed by atoms with Crippen molar-refractivity contribution in [2.75, 3.05) is 18.9 Å². The average Bonchev–Trinajstić information content (AvgIpc) is 3.39. The first-order valence-corrected chi connectivity index (χ1v) is 9.27. The number of hydrogen-bond acceptors (Lipinski definition) is 5. The minimum absolute atomic E-state index is 0.118. The van der Waals surface area contributed by atoms with Crippen molar-refractivity contribution in [3.05, 3.63) is 42.5 Å². The quantitative estimate of drug-likeness (QED) is 0.574. The molecule has 1 aliphatic carbocycles. The Hall–Kier alpha value is -2.83. The zero-order valence-electron chi connectivity index (χ0n) is 16.4. The molecule has 0 bridgehead atoms. The highest BCUT2D eigenvalue weighted by Gasteiger charge is 2.44. The molecule has 1 heterocycles. The third-order valence-corrected chi connectivity index (χ3v) is 4.54. The Morgan fingerprint density at radius 1 is 1.29 bits per heavy atom. The van der Waals surface area contributed by atoms with E-state index in [1.165, 1.54) is 6.20 Å². The molecule has 0 saturated heterocycles. The van der Waals surface area contributed by atoms with Crippen LogP contribution in [0.5, 0.6) is 5.75 Å². The van der Waals surface area contributed by atoms with Gasteiger partial charge in [0.15, 0.2) is 0 Å². The summed E-state index contributed by atoms with van der Waals surface area (Å²) in [6.45, 7) is 6.35. The van der Waals surface area contributed by atoms with Gasteiger partial charge in [-0.2, -0.15) is 4.39 Å². The third kappa shape index (κ3) is 5.34. The number of pyridine rings is 1. The maximum Gasteiger partial charge on any atom is 0.407 e. The molecule has 1 saturated carbocycles. The van der Waals surface area contributed by atoms with Gasteiger partial charge < -0.3 is 20.5 Å². The van der Waals surface area contributed by atoms with Crippen molar-refractivity contribution in [3.63, 3.8) is 0 Å². The molecular formula is C21H26FN3O3. The Morgan fingerprint density at radius 3 is 2.57 bits per heavy atom. The number of halogens is 1. The predicted molar refractivity (Wildman–Crippen MR) is 105 cm³/mol. The van der Waals surface area contributed by atoms with Crippen molar-refractivity contribution < 1.29 is 18.7 Å². The highest BCUT2D eigenvalue weighted by Crippen LogP contribution is 2.45. The molecule has 1 amide bonds. The molecule has 3 N–H and O–H groups in total. The number of nitrogens with zero attached hydrogens (tertiary/aromatic N) is 1. The number of ether oxygens (including phenoxy) is 2. The van der Waals surface area contributed by atoms with Crippen LogP contribution in [-0.4, -0.2) is 29.8 Å².